The van der Waals surface area contributed by atoms with Gasteiger partial charge in [0.05, 0.1) is 25.8 Å². The molecule has 3 aromatic rings. The number of ether oxygens (including phenoxy) is 3. The van der Waals surface area contributed by atoms with Crippen LogP contribution >= 0.6 is 0 Å². The number of amides is 2. The van der Waals surface area contributed by atoms with Crippen LogP contribution in [0.25, 0.3) is 10.9 Å². The monoisotopic (exact) mass is 549 g/mol. The second-order valence-electron chi connectivity index (χ2n) is 11.2. The molecule has 40 heavy (non-hydrogen) atoms. The molecule has 2 aliphatic carbocycles. The minimum atomic E-state index is -0.249. The van der Waals surface area contributed by atoms with Gasteiger partial charge in [0.1, 0.15) is 24.1 Å². The second kappa shape index (κ2) is 10.7. The summed E-state index contributed by atoms with van der Waals surface area (Å²) < 4.78 is 31.4. The van der Waals surface area contributed by atoms with Crippen LogP contribution in [-0.4, -0.2) is 78.4 Å². The van der Waals surface area contributed by atoms with Crippen molar-refractivity contribution in [2.75, 3.05) is 45.8 Å². The summed E-state index contributed by atoms with van der Waals surface area (Å²) in [7, 11) is 3.56. The number of fused-ring (bicyclic) bond motifs is 1. The van der Waals surface area contributed by atoms with E-state index in [2.05, 4.69) is 15.3 Å². The number of hydrogen-bond acceptors (Lipinski definition) is 7. The first-order chi connectivity index (χ1) is 19.4. The van der Waals surface area contributed by atoms with Gasteiger partial charge in [-0.2, -0.15) is 0 Å². The number of nitrogens with zero attached hydrogens (tertiary/aromatic N) is 4. The van der Waals surface area contributed by atoms with E-state index in [0.29, 0.717) is 49.2 Å². The Kier molecular flexibility index (Phi) is 7.12. The third-order valence-corrected chi connectivity index (χ3v) is 8.81. The molecule has 0 bridgehead atoms. The smallest absolute Gasteiger partial charge is 0.320 e. The SMILES string of the molecule is COc1cc2ncnc(Nc3ccc(F)c(C)c3)c2cc1O[C@@H]1CC12CCC(N(C)C(=O)N1CCOCC1)CC2. The first-order valence-corrected chi connectivity index (χ1v) is 14.0. The van der Waals surface area contributed by atoms with Crippen LogP contribution in [0.15, 0.2) is 36.7 Å². The predicted molar refractivity (Wildman–Crippen MR) is 150 cm³/mol. The summed E-state index contributed by atoms with van der Waals surface area (Å²) in [6.45, 7) is 4.28. The molecule has 1 aromatic heterocycles. The number of hydrogen-bond donors (Lipinski definition) is 1. The molecule has 2 saturated carbocycles. The molecule has 10 heteroatoms. The van der Waals surface area contributed by atoms with Gasteiger partial charge in [0.15, 0.2) is 11.5 Å². The highest BCUT2D eigenvalue weighted by Gasteiger charge is 2.57. The van der Waals surface area contributed by atoms with Gasteiger partial charge in [-0.1, -0.05) is 0 Å². The van der Waals surface area contributed by atoms with Crippen molar-refractivity contribution in [1.82, 2.24) is 19.8 Å². The zero-order valence-corrected chi connectivity index (χ0v) is 23.3. The summed E-state index contributed by atoms with van der Waals surface area (Å²) in [6.07, 6.45) is 6.59. The number of carbonyl (C=O) groups is 1. The van der Waals surface area contributed by atoms with Gasteiger partial charge < -0.3 is 29.3 Å². The number of rotatable bonds is 6. The van der Waals surface area contributed by atoms with Crippen molar-refractivity contribution in [3.05, 3.63) is 48.0 Å². The third-order valence-electron chi connectivity index (χ3n) is 8.81. The topological polar surface area (TPSA) is 89.1 Å². The van der Waals surface area contributed by atoms with E-state index in [4.69, 9.17) is 14.2 Å². The third kappa shape index (κ3) is 5.12. The number of morpholine rings is 1. The van der Waals surface area contributed by atoms with Crippen molar-refractivity contribution >= 4 is 28.4 Å². The number of benzene rings is 2. The van der Waals surface area contributed by atoms with E-state index < -0.39 is 0 Å². The van der Waals surface area contributed by atoms with Crippen molar-refractivity contribution in [3.63, 3.8) is 0 Å². The average molecular weight is 550 g/mol. The number of carbonyl (C=O) groups excluding carboxylic acids is 1. The molecule has 3 fully saturated rings. The molecule has 1 spiro atoms. The van der Waals surface area contributed by atoms with Gasteiger partial charge in [-0.15, -0.1) is 0 Å². The summed E-state index contributed by atoms with van der Waals surface area (Å²) in [5, 5.41) is 4.09. The number of halogens is 1. The fourth-order valence-corrected chi connectivity index (χ4v) is 6.13. The lowest BCUT2D eigenvalue weighted by Gasteiger charge is -2.38. The Morgan fingerprint density at radius 2 is 1.93 bits per heavy atom. The van der Waals surface area contributed by atoms with Gasteiger partial charge in [0.25, 0.3) is 0 Å². The summed E-state index contributed by atoms with van der Waals surface area (Å²) in [5.41, 5.74) is 2.16. The number of nitrogens with one attached hydrogen (secondary N) is 1. The molecule has 1 N–H and O–H groups in total. The van der Waals surface area contributed by atoms with Gasteiger partial charge in [0.2, 0.25) is 0 Å². The Morgan fingerprint density at radius 3 is 2.65 bits per heavy atom. The maximum absolute atomic E-state index is 13.8. The number of urea groups is 1. The normalized spacial score (nSPS) is 24.1. The quantitative estimate of drug-likeness (QED) is 0.447. The molecule has 2 heterocycles. The van der Waals surface area contributed by atoms with Crippen LogP contribution in [0.5, 0.6) is 11.5 Å². The van der Waals surface area contributed by atoms with E-state index in [1.165, 1.54) is 12.4 Å². The lowest BCUT2D eigenvalue weighted by atomic mass is 9.82. The van der Waals surface area contributed by atoms with E-state index in [-0.39, 0.29) is 29.4 Å². The second-order valence-corrected chi connectivity index (χ2v) is 11.2. The summed E-state index contributed by atoms with van der Waals surface area (Å²) in [5.74, 6) is 1.65. The first-order valence-electron chi connectivity index (χ1n) is 14.0. The summed E-state index contributed by atoms with van der Waals surface area (Å²) in [6, 6.07) is 9.03. The lowest BCUT2D eigenvalue weighted by molar-refractivity contribution is 0.0383. The molecule has 1 aliphatic heterocycles. The van der Waals surface area contributed by atoms with Crippen LogP contribution in [0.1, 0.15) is 37.7 Å². The Balaban J connectivity index is 1.14. The summed E-state index contributed by atoms with van der Waals surface area (Å²) in [4.78, 5) is 25.7. The largest absolute Gasteiger partial charge is 0.493 e. The molecule has 0 radical (unpaired) electrons. The maximum atomic E-state index is 13.8. The highest BCUT2D eigenvalue weighted by Crippen LogP contribution is 2.59. The summed E-state index contributed by atoms with van der Waals surface area (Å²) >= 11 is 0. The lowest BCUT2D eigenvalue weighted by Crippen LogP contribution is -2.50. The fraction of sp³-hybridized carbons (Fsp3) is 0.500. The minimum Gasteiger partial charge on any atom is -0.493 e. The van der Waals surface area contributed by atoms with Gasteiger partial charge in [-0.25, -0.2) is 19.2 Å². The minimum absolute atomic E-state index is 0.0980. The molecule has 2 aromatic carbocycles. The molecule has 3 aliphatic rings. The molecule has 1 atom stereocenters. The van der Waals surface area contributed by atoms with Gasteiger partial charge >= 0.3 is 6.03 Å². The zero-order valence-electron chi connectivity index (χ0n) is 23.3. The highest BCUT2D eigenvalue weighted by atomic mass is 19.1. The van der Waals surface area contributed by atoms with Crippen LogP contribution < -0.4 is 14.8 Å². The predicted octanol–water partition coefficient (Wildman–Crippen LogP) is 5.29. The van der Waals surface area contributed by atoms with E-state index >= 15 is 0 Å². The van der Waals surface area contributed by atoms with Crippen molar-refractivity contribution in [2.24, 2.45) is 5.41 Å². The van der Waals surface area contributed by atoms with Crippen molar-refractivity contribution in [2.45, 2.75) is 51.2 Å². The van der Waals surface area contributed by atoms with Crippen molar-refractivity contribution in [1.29, 1.82) is 0 Å². The molecule has 9 nitrogen and oxygen atoms in total. The van der Waals surface area contributed by atoms with Crippen LogP contribution in [0, 0.1) is 18.2 Å². The highest BCUT2D eigenvalue weighted by molar-refractivity contribution is 5.93. The molecular weight excluding hydrogens is 513 g/mol. The molecule has 6 rings (SSSR count). The molecule has 0 unspecified atom stereocenters. The molecule has 212 valence electrons. The number of aromatic nitrogens is 2. The number of anilines is 2. The Hall–Kier alpha value is -3.66. The van der Waals surface area contributed by atoms with Crippen molar-refractivity contribution < 1.29 is 23.4 Å². The Bertz CT molecular complexity index is 1400. The Morgan fingerprint density at radius 1 is 1.15 bits per heavy atom. The number of aryl methyl sites for hydroxylation is 1. The average Bonchev–Trinajstić information content (AvgIpc) is 3.65. The van der Waals surface area contributed by atoms with E-state index in [0.717, 1.165) is 48.7 Å². The Labute approximate surface area is 233 Å². The number of methoxy groups -OCH3 is 1. The van der Waals surface area contributed by atoms with E-state index in [1.54, 1.807) is 26.2 Å². The van der Waals surface area contributed by atoms with Crippen LogP contribution in [0.3, 0.4) is 0 Å². The van der Waals surface area contributed by atoms with E-state index in [9.17, 15) is 9.18 Å². The molecular formula is C30H36FN5O4. The van der Waals surface area contributed by atoms with Crippen LogP contribution in [0.4, 0.5) is 20.7 Å². The van der Waals surface area contributed by atoms with E-state index in [1.807, 2.05) is 29.0 Å². The standard InChI is InChI=1S/C30H36FN5O4/c1-19-14-20(4-5-23(19)31)34-28-22-15-26(25(38-3)16-24(22)32-18-33-28)40-27-17-30(27)8-6-21(7-9-30)35(2)29(37)36-10-12-39-13-11-36/h4-5,14-16,18,21,27H,6-13,17H2,1-3H3,(H,32,33,34)/t21?,27-,30?/m1/s1. The zero-order chi connectivity index (χ0) is 27.9. The fourth-order valence-electron chi connectivity index (χ4n) is 6.13. The van der Waals surface area contributed by atoms with Crippen LogP contribution in [-0.2, 0) is 4.74 Å². The van der Waals surface area contributed by atoms with Gasteiger partial charge in [-0.05, 0) is 68.9 Å². The molecule has 2 amide bonds. The van der Waals surface area contributed by atoms with Crippen LogP contribution in [0.2, 0.25) is 0 Å². The molecule has 1 saturated heterocycles. The van der Waals surface area contributed by atoms with Gasteiger partial charge in [-0.3, -0.25) is 0 Å². The van der Waals surface area contributed by atoms with Crippen molar-refractivity contribution in [3.8, 4) is 11.5 Å². The van der Waals surface area contributed by atoms with Gasteiger partial charge in [0, 0.05) is 48.7 Å². The first kappa shape index (κ1) is 26.6. The maximum Gasteiger partial charge on any atom is 0.320 e.